The highest BCUT2D eigenvalue weighted by molar-refractivity contribution is 5.96. The Balaban J connectivity index is 1.98. The summed E-state index contributed by atoms with van der Waals surface area (Å²) in [7, 11) is 1.09. The first-order valence-corrected chi connectivity index (χ1v) is 7.42. The third-order valence-electron chi connectivity index (χ3n) is 4.07. The van der Waals surface area contributed by atoms with Crippen molar-refractivity contribution >= 4 is 17.5 Å². The summed E-state index contributed by atoms with van der Waals surface area (Å²) >= 11 is 0. The third kappa shape index (κ3) is 3.39. The molecule has 1 aromatic rings. The zero-order valence-electron chi connectivity index (χ0n) is 13.2. The van der Waals surface area contributed by atoms with Crippen LogP contribution in [0.2, 0.25) is 0 Å². The molecule has 2 N–H and O–H groups in total. The quantitative estimate of drug-likeness (QED) is 0.803. The first kappa shape index (κ1) is 17.9. The number of alkyl halides is 2. The van der Waals surface area contributed by atoms with Crippen molar-refractivity contribution in [3.63, 3.8) is 0 Å². The van der Waals surface area contributed by atoms with E-state index in [1.807, 2.05) is 0 Å². The molecule has 1 aromatic carbocycles. The number of carbonyl (C=O) groups excluding carboxylic acids is 2. The van der Waals surface area contributed by atoms with Crippen LogP contribution in [0.4, 0.5) is 14.5 Å². The van der Waals surface area contributed by atoms with Crippen molar-refractivity contribution < 1.29 is 23.5 Å². The van der Waals surface area contributed by atoms with E-state index in [2.05, 4.69) is 11.2 Å². The Kier molecular flexibility index (Phi) is 4.90. The molecule has 0 aliphatic heterocycles. The molecular formula is C17H18F2N2O3. The van der Waals surface area contributed by atoms with Crippen LogP contribution in [-0.2, 0) is 9.59 Å². The van der Waals surface area contributed by atoms with Gasteiger partial charge in [0.05, 0.1) is 6.54 Å². The Morgan fingerprint density at radius 2 is 2.12 bits per heavy atom. The molecule has 0 radical (unpaired) electrons. The van der Waals surface area contributed by atoms with Crippen LogP contribution < -0.4 is 5.32 Å². The number of halogens is 2. The predicted molar refractivity (Wildman–Crippen MR) is 84.4 cm³/mol. The van der Waals surface area contributed by atoms with Gasteiger partial charge >= 0.3 is 5.92 Å². The molecule has 1 aliphatic rings. The maximum absolute atomic E-state index is 14.1. The zero-order chi connectivity index (χ0) is 18.0. The molecule has 1 saturated carbocycles. The van der Waals surface area contributed by atoms with Gasteiger partial charge in [0.25, 0.3) is 5.91 Å². The molecule has 2 rings (SSSR count). The minimum Gasteiger partial charge on any atom is -0.383 e. The first-order valence-electron chi connectivity index (χ1n) is 7.42. The molecule has 0 unspecified atom stereocenters. The second-order valence-corrected chi connectivity index (χ2v) is 5.89. The Morgan fingerprint density at radius 1 is 1.46 bits per heavy atom. The SMILES string of the molecule is C#Cc1cccc(NC(=O)CN(C)C(=O)C(F)(F)C2(O)CCC2)c1. The second kappa shape index (κ2) is 6.57. The van der Waals surface area contributed by atoms with E-state index in [1.165, 1.54) is 0 Å². The Hall–Kier alpha value is -2.46. The van der Waals surface area contributed by atoms with Gasteiger partial charge in [-0.25, -0.2) is 0 Å². The molecule has 0 bridgehead atoms. The van der Waals surface area contributed by atoms with Crippen molar-refractivity contribution in [3.05, 3.63) is 29.8 Å². The van der Waals surface area contributed by atoms with Crippen LogP contribution in [-0.4, -0.2) is 46.9 Å². The Labute approximate surface area is 138 Å². The van der Waals surface area contributed by atoms with Crippen LogP contribution in [0.15, 0.2) is 24.3 Å². The molecule has 2 amide bonds. The average Bonchev–Trinajstić information content (AvgIpc) is 2.51. The summed E-state index contributed by atoms with van der Waals surface area (Å²) in [5.74, 6) is -3.72. The standard InChI is InChI=1S/C17H18F2N2O3/c1-3-12-6-4-7-13(10-12)20-14(22)11-21(2)15(23)17(18,19)16(24)8-5-9-16/h1,4,6-7,10,24H,5,8-9,11H2,2H3,(H,20,22). The van der Waals surface area contributed by atoms with Crippen LogP contribution in [0.3, 0.4) is 0 Å². The number of hydrogen-bond donors (Lipinski definition) is 2. The third-order valence-corrected chi connectivity index (χ3v) is 4.07. The number of hydrogen-bond acceptors (Lipinski definition) is 3. The molecule has 128 valence electrons. The zero-order valence-corrected chi connectivity index (χ0v) is 13.2. The highest BCUT2D eigenvalue weighted by Crippen LogP contribution is 2.44. The molecule has 24 heavy (non-hydrogen) atoms. The smallest absolute Gasteiger partial charge is 0.352 e. The average molecular weight is 336 g/mol. The number of nitrogens with zero attached hydrogens (tertiary/aromatic N) is 1. The highest BCUT2D eigenvalue weighted by atomic mass is 19.3. The topological polar surface area (TPSA) is 69.6 Å². The van der Waals surface area contributed by atoms with Crippen molar-refractivity contribution in [2.75, 3.05) is 18.9 Å². The van der Waals surface area contributed by atoms with Crippen molar-refractivity contribution in [1.82, 2.24) is 4.90 Å². The molecule has 7 heteroatoms. The molecule has 0 saturated heterocycles. The monoisotopic (exact) mass is 336 g/mol. The number of carbonyl (C=O) groups is 2. The lowest BCUT2D eigenvalue weighted by molar-refractivity contribution is -0.222. The van der Waals surface area contributed by atoms with E-state index in [4.69, 9.17) is 6.42 Å². The van der Waals surface area contributed by atoms with Crippen molar-refractivity contribution in [1.29, 1.82) is 0 Å². The van der Waals surface area contributed by atoms with Crippen molar-refractivity contribution in [2.24, 2.45) is 0 Å². The van der Waals surface area contributed by atoms with Crippen LogP contribution in [0.5, 0.6) is 0 Å². The summed E-state index contributed by atoms with van der Waals surface area (Å²) in [5.41, 5.74) is -1.35. The van der Waals surface area contributed by atoms with E-state index in [9.17, 15) is 23.5 Å². The van der Waals surface area contributed by atoms with E-state index < -0.39 is 29.9 Å². The molecular weight excluding hydrogens is 318 g/mol. The summed E-state index contributed by atoms with van der Waals surface area (Å²) in [5, 5.41) is 12.3. The fraction of sp³-hybridized carbons (Fsp3) is 0.412. The van der Waals surface area contributed by atoms with Crippen LogP contribution in [0, 0.1) is 12.3 Å². The maximum Gasteiger partial charge on any atom is 0.352 e. The summed E-state index contributed by atoms with van der Waals surface area (Å²) in [4.78, 5) is 24.4. The van der Waals surface area contributed by atoms with Gasteiger partial charge in [0, 0.05) is 18.3 Å². The Morgan fingerprint density at radius 3 is 2.67 bits per heavy atom. The second-order valence-electron chi connectivity index (χ2n) is 5.89. The molecule has 5 nitrogen and oxygen atoms in total. The largest absolute Gasteiger partial charge is 0.383 e. The number of benzene rings is 1. The number of nitrogens with one attached hydrogen (secondary N) is 1. The van der Waals surface area contributed by atoms with Gasteiger partial charge in [0.1, 0.15) is 5.60 Å². The van der Waals surface area contributed by atoms with Gasteiger partial charge in [-0.3, -0.25) is 9.59 Å². The predicted octanol–water partition coefficient (Wildman–Crippen LogP) is 1.62. The van der Waals surface area contributed by atoms with Crippen LogP contribution in [0.25, 0.3) is 0 Å². The van der Waals surface area contributed by atoms with Gasteiger partial charge in [0.2, 0.25) is 5.91 Å². The molecule has 1 aliphatic carbocycles. The van der Waals surface area contributed by atoms with Gasteiger partial charge in [-0.2, -0.15) is 8.78 Å². The summed E-state index contributed by atoms with van der Waals surface area (Å²) in [6, 6.07) is 6.45. The fourth-order valence-corrected chi connectivity index (χ4v) is 2.44. The van der Waals surface area contributed by atoms with Crippen LogP contribution >= 0.6 is 0 Å². The van der Waals surface area contributed by atoms with E-state index in [0.29, 0.717) is 22.6 Å². The fourth-order valence-electron chi connectivity index (χ4n) is 2.44. The number of likely N-dealkylation sites (N-methyl/N-ethyl adjacent to an activating group) is 1. The molecule has 1 fully saturated rings. The van der Waals surface area contributed by atoms with E-state index >= 15 is 0 Å². The van der Waals surface area contributed by atoms with Gasteiger partial charge < -0.3 is 15.3 Å². The van der Waals surface area contributed by atoms with Gasteiger partial charge in [-0.15, -0.1) is 6.42 Å². The highest BCUT2D eigenvalue weighted by Gasteiger charge is 2.62. The molecule has 0 spiro atoms. The summed E-state index contributed by atoms with van der Waals surface area (Å²) < 4.78 is 28.2. The van der Waals surface area contributed by atoms with Gasteiger partial charge in [-0.1, -0.05) is 12.0 Å². The number of rotatable bonds is 5. The molecule has 0 aromatic heterocycles. The maximum atomic E-state index is 14.1. The molecule has 0 atom stereocenters. The first-order chi connectivity index (χ1) is 11.2. The number of anilines is 1. The van der Waals surface area contributed by atoms with Crippen LogP contribution in [0.1, 0.15) is 24.8 Å². The molecule has 0 heterocycles. The van der Waals surface area contributed by atoms with Crippen molar-refractivity contribution in [2.45, 2.75) is 30.8 Å². The Bertz CT molecular complexity index is 693. The van der Waals surface area contributed by atoms with E-state index in [1.54, 1.807) is 24.3 Å². The van der Waals surface area contributed by atoms with E-state index in [-0.39, 0.29) is 12.8 Å². The minimum absolute atomic E-state index is 0.134. The number of aliphatic hydroxyl groups is 1. The summed E-state index contributed by atoms with van der Waals surface area (Å²) in [6.45, 7) is -0.565. The van der Waals surface area contributed by atoms with E-state index in [0.717, 1.165) is 7.05 Å². The summed E-state index contributed by atoms with van der Waals surface area (Å²) in [6.07, 6.45) is 5.43. The lowest BCUT2D eigenvalue weighted by Crippen LogP contribution is -2.61. The lowest BCUT2D eigenvalue weighted by atomic mass is 9.75. The van der Waals surface area contributed by atoms with Crippen molar-refractivity contribution in [3.8, 4) is 12.3 Å². The minimum atomic E-state index is -3.91. The van der Waals surface area contributed by atoms with Gasteiger partial charge in [-0.05, 0) is 37.5 Å². The number of terminal acetylenes is 1. The van der Waals surface area contributed by atoms with Gasteiger partial charge in [0.15, 0.2) is 0 Å². The normalized spacial score (nSPS) is 15.8. The lowest BCUT2D eigenvalue weighted by Gasteiger charge is -2.42. The number of amides is 2.